The van der Waals surface area contributed by atoms with Crippen molar-refractivity contribution in [3.8, 4) is 0 Å². The van der Waals surface area contributed by atoms with Gasteiger partial charge in [0, 0.05) is 11.6 Å². The molecule has 1 saturated heterocycles. The second kappa shape index (κ2) is 6.58. The Hall–Kier alpha value is -1.24. The van der Waals surface area contributed by atoms with E-state index in [1.807, 2.05) is 12.1 Å². The smallest absolute Gasteiger partial charge is 0.242 e. The molecule has 1 aromatic rings. The molecule has 2 bridgehead atoms. The van der Waals surface area contributed by atoms with Gasteiger partial charge in [-0.25, -0.2) is 4.98 Å². The number of nitrogens with zero attached hydrogens (tertiary/aromatic N) is 1. The maximum absolute atomic E-state index is 12.7. The fourth-order valence-corrected chi connectivity index (χ4v) is 4.26. The molecule has 4 rings (SSSR count). The summed E-state index contributed by atoms with van der Waals surface area (Å²) < 4.78 is 6.40. The Morgan fingerprint density at radius 3 is 3.12 bits per heavy atom. The van der Waals surface area contributed by atoms with Gasteiger partial charge in [0.15, 0.2) is 0 Å². The van der Waals surface area contributed by atoms with Crippen LogP contribution >= 0.6 is 15.9 Å². The highest BCUT2D eigenvalue weighted by molar-refractivity contribution is 9.10. The number of ether oxygens (including phenoxy) is 1. The van der Waals surface area contributed by atoms with Crippen molar-refractivity contribution >= 4 is 27.7 Å². The second-order valence-corrected chi connectivity index (χ2v) is 7.86. The molecule has 1 aromatic heterocycles. The molecule has 2 aliphatic heterocycles. The van der Waals surface area contributed by atoms with Crippen molar-refractivity contribution in [3.63, 3.8) is 0 Å². The van der Waals surface area contributed by atoms with Crippen molar-refractivity contribution in [3.05, 3.63) is 34.5 Å². The van der Waals surface area contributed by atoms with Crippen LogP contribution in [-0.4, -0.2) is 29.6 Å². The third-order valence-corrected chi connectivity index (χ3v) is 5.83. The minimum absolute atomic E-state index is 0.0152. The van der Waals surface area contributed by atoms with E-state index in [-0.39, 0.29) is 11.9 Å². The Morgan fingerprint density at radius 2 is 2.21 bits per heavy atom. The molecule has 6 heteroatoms. The van der Waals surface area contributed by atoms with Gasteiger partial charge in [0.05, 0.1) is 19.3 Å². The Balaban J connectivity index is 1.55. The molecule has 1 saturated carbocycles. The highest BCUT2D eigenvalue weighted by Gasteiger charge is 2.60. The van der Waals surface area contributed by atoms with E-state index in [1.54, 1.807) is 0 Å². The Bertz CT molecular complexity index is 678. The molecule has 0 aromatic carbocycles. The van der Waals surface area contributed by atoms with E-state index in [0.717, 1.165) is 18.4 Å². The van der Waals surface area contributed by atoms with Gasteiger partial charge < -0.3 is 15.4 Å². The average Bonchev–Trinajstić information content (AvgIpc) is 3.11. The Kier molecular flexibility index (Phi) is 4.45. The summed E-state index contributed by atoms with van der Waals surface area (Å²) in [5, 5.41) is 6.49. The third-order valence-electron chi connectivity index (χ3n) is 5.39. The number of carbonyl (C=O) groups excluding carboxylic acids is 1. The van der Waals surface area contributed by atoms with Crippen LogP contribution in [-0.2, 0) is 16.1 Å². The molecule has 1 spiro atoms. The predicted molar refractivity (Wildman–Crippen MR) is 95.6 cm³/mol. The fourth-order valence-electron chi connectivity index (χ4n) is 3.95. The summed E-state index contributed by atoms with van der Waals surface area (Å²) in [5.41, 5.74) is 1.24. The molecular weight excluding hydrogens is 370 g/mol. The summed E-state index contributed by atoms with van der Waals surface area (Å²) in [6, 6.07) is 4.22. The number of amides is 1. The molecule has 1 aliphatic carbocycles. The van der Waals surface area contributed by atoms with Crippen LogP contribution in [0.25, 0.3) is 0 Å². The van der Waals surface area contributed by atoms with Gasteiger partial charge in [0.2, 0.25) is 5.91 Å². The maximum atomic E-state index is 12.7. The van der Waals surface area contributed by atoms with Crippen LogP contribution in [0.3, 0.4) is 0 Å². The number of aromatic nitrogens is 1. The largest absolute Gasteiger partial charge is 0.373 e. The molecule has 24 heavy (non-hydrogen) atoms. The minimum Gasteiger partial charge on any atom is -0.373 e. The van der Waals surface area contributed by atoms with Crippen molar-refractivity contribution < 1.29 is 9.53 Å². The lowest BCUT2D eigenvalue weighted by molar-refractivity contribution is -0.118. The summed E-state index contributed by atoms with van der Waals surface area (Å²) in [4.78, 5) is 17.1. The molecule has 0 unspecified atom stereocenters. The first-order valence-electron chi connectivity index (χ1n) is 8.61. The highest BCUT2D eigenvalue weighted by Crippen LogP contribution is 2.57. The topological polar surface area (TPSA) is 63.2 Å². The number of halogens is 1. The molecule has 5 nitrogen and oxygen atoms in total. The molecule has 0 radical (unpaired) electrons. The van der Waals surface area contributed by atoms with Crippen LogP contribution in [0.1, 0.15) is 37.7 Å². The van der Waals surface area contributed by atoms with E-state index in [4.69, 9.17) is 4.74 Å². The number of anilines is 1. The molecular formula is C18H22BrN3O2. The van der Waals surface area contributed by atoms with Gasteiger partial charge in [0.1, 0.15) is 10.4 Å². The number of allylic oxidation sites excluding steroid dienone is 1. The van der Waals surface area contributed by atoms with Crippen LogP contribution in [0.2, 0.25) is 0 Å². The van der Waals surface area contributed by atoms with Gasteiger partial charge in [-0.2, -0.15) is 0 Å². The number of hydrogen-bond donors (Lipinski definition) is 2. The lowest BCUT2D eigenvalue weighted by atomic mass is 9.93. The van der Waals surface area contributed by atoms with Crippen LogP contribution in [0.5, 0.6) is 0 Å². The summed E-state index contributed by atoms with van der Waals surface area (Å²) in [7, 11) is 0. The van der Waals surface area contributed by atoms with E-state index < -0.39 is 0 Å². The van der Waals surface area contributed by atoms with Crippen molar-refractivity contribution in [2.24, 2.45) is 5.41 Å². The van der Waals surface area contributed by atoms with Gasteiger partial charge in [-0.1, -0.05) is 18.2 Å². The van der Waals surface area contributed by atoms with E-state index in [9.17, 15) is 4.79 Å². The number of rotatable bonds is 0. The quantitative estimate of drug-likeness (QED) is 0.526. The van der Waals surface area contributed by atoms with E-state index in [1.165, 1.54) is 19.3 Å². The second-order valence-electron chi connectivity index (χ2n) is 7.05. The number of piperidine rings is 1. The molecule has 3 aliphatic rings. The van der Waals surface area contributed by atoms with Crippen LogP contribution in [0, 0.1) is 5.41 Å². The molecule has 1 amide bonds. The maximum Gasteiger partial charge on any atom is 0.242 e. The van der Waals surface area contributed by atoms with Gasteiger partial charge in [-0.15, -0.1) is 0 Å². The van der Waals surface area contributed by atoms with Crippen molar-refractivity contribution in [2.45, 2.75) is 50.8 Å². The number of pyridine rings is 1. The van der Waals surface area contributed by atoms with Gasteiger partial charge >= 0.3 is 0 Å². The summed E-state index contributed by atoms with van der Waals surface area (Å²) in [5.74, 6) is 0.603. The average molecular weight is 392 g/mol. The minimum atomic E-state index is -0.112. The Morgan fingerprint density at radius 1 is 1.29 bits per heavy atom. The third kappa shape index (κ3) is 3.27. The van der Waals surface area contributed by atoms with E-state index in [0.29, 0.717) is 35.1 Å². The molecule has 3 heterocycles. The van der Waals surface area contributed by atoms with Crippen molar-refractivity contribution in [1.82, 2.24) is 10.3 Å². The standard InChI is InChI=1S/C18H22BrN3O2/c19-15-6-5-12-11-24-8-4-2-1-3-7-18-9-13(20-14(18)10-18)17(23)22-16(12)21-15/h2,4-6,13-14,20H,1,3,7-11H2,(H,21,22,23)/b4-2+/t13-,14+,18-/m0/s1. The predicted octanol–water partition coefficient (Wildman–Crippen LogP) is 3.16. The zero-order valence-electron chi connectivity index (χ0n) is 13.6. The van der Waals surface area contributed by atoms with E-state index in [2.05, 4.69) is 43.7 Å². The lowest BCUT2D eigenvalue weighted by Crippen LogP contribution is -2.38. The molecule has 128 valence electrons. The molecule has 2 N–H and O–H groups in total. The van der Waals surface area contributed by atoms with Gasteiger partial charge in [-0.3, -0.25) is 4.79 Å². The summed E-state index contributed by atoms with van der Waals surface area (Å²) >= 11 is 3.38. The lowest BCUT2D eigenvalue weighted by Gasteiger charge is -2.17. The first kappa shape index (κ1) is 16.2. The zero-order chi connectivity index (χ0) is 16.6. The SMILES string of the molecule is O=C1Nc2nc(Br)ccc2COC/C=C/CCC[C@@]23C[C@@H]1N[C@@H]2C3. The highest BCUT2D eigenvalue weighted by atomic mass is 79.9. The van der Waals surface area contributed by atoms with Crippen LogP contribution in [0.4, 0.5) is 5.82 Å². The number of carbonyl (C=O) groups is 1. The van der Waals surface area contributed by atoms with Gasteiger partial charge in [-0.05, 0) is 59.5 Å². The fraction of sp³-hybridized carbons (Fsp3) is 0.556. The molecule has 3 atom stereocenters. The van der Waals surface area contributed by atoms with Crippen LogP contribution in [0.15, 0.2) is 28.9 Å². The van der Waals surface area contributed by atoms with Crippen molar-refractivity contribution in [2.75, 3.05) is 11.9 Å². The van der Waals surface area contributed by atoms with Crippen molar-refractivity contribution in [1.29, 1.82) is 0 Å². The summed E-state index contributed by atoms with van der Waals surface area (Å²) in [6.07, 6.45) is 9.90. The van der Waals surface area contributed by atoms with Gasteiger partial charge in [0.25, 0.3) is 0 Å². The first-order valence-corrected chi connectivity index (χ1v) is 9.41. The molecule has 2 fully saturated rings. The number of nitrogens with one attached hydrogen (secondary N) is 2. The number of fused-ring (bicyclic) bond motifs is 2. The normalized spacial score (nSPS) is 34.3. The number of hydrogen-bond acceptors (Lipinski definition) is 4. The van der Waals surface area contributed by atoms with Crippen LogP contribution < -0.4 is 10.6 Å². The van der Waals surface area contributed by atoms with E-state index >= 15 is 0 Å². The first-order chi connectivity index (χ1) is 11.7. The Labute approximate surface area is 150 Å². The zero-order valence-corrected chi connectivity index (χ0v) is 15.1. The monoisotopic (exact) mass is 391 g/mol. The summed E-state index contributed by atoms with van der Waals surface area (Å²) in [6.45, 7) is 1.02.